The Balaban J connectivity index is 1.58. The average Bonchev–Trinajstić information content (AvgIpc) is 2.81. The van der Waals surface area contributed by atoms with E-state index < -0.39 is 11.9 Å². The molecule has 166 valence electrons. The predicted molar refractivity (Wildman–Crippen MR) is 124 cm³/mol. The second-order valence-electron chi connectivity index (χ2n) is 7.40. The highest BCUT2D eigenvalue weighted by molar-refractivity contribution is 6.06. The van der Waals surface area contributed by atoms with Crippen LogP contribution in [0.3, 0.4) is 0 Å². The predicted octanol–water partition coefficient (Wildman–Crippen LogP) is 3.07. The summed E-state index contributed by atoms with van der Waals surface area (Å²) in [7, 11) is 2.12. The molecule has 0 atom stereocenters. The molecule has 2 aromatic carbocycles. The van der Waals surface area contributed by atoms with Crippen LogP contribution in [0.25, 0.3) is 0 Å². The second-order valence-corrected chi connectivity index (χ2v) is 7.40. The van der Waals surface area contributed by atoms with Gasteiger partial charge in [-0.25, -0.2) is 4.79 Å². The van der Waals surface area contributed by atoms with E-state index in [0.717, 1.165) is 37.6 Å². The zero-order valence-electron chi connectivity index (χ0n) is 18.3. The molecule has 0 saturated carbocycles. The highest BCUT2D eigenvalue weighted by atomic mass is 16.5. The fraction of sp³-hybridized carbons (Fsp3) is 0.292. The highest BCUT2D eigenvalue weighted by Gasteiger charge is 2.14. The van der Waals surface area contributed by atoms with Crippen molar-refractivity contribution < 1.29 is 14.3 Å². The van der Waals surface area contributed by atoms with Crippen LogP contribution >= 0.6 is 0 Å². The number of nitriles is 1. The van der Waals surface area contributed by atoms with Crippen molar-refractivity contribution in [2.75, 3.05) is 55.4 Å². The van der Waals surface area contributed by atoms with Crippen LogP contribution in [0.1, 0.15) is 17.3 Å². The number of esters is 1. The minimum Gasteiger partial charge on any atom is -0.462 e. The maximum atomic E-state index is 12.4. The monoisotopic (exact) mass is 433 g/mol. The number of anilines is 3. The first-order valence-corrected chi connectivity index (χ1v) is 10.5. The van der Waals surface area contributed by atoms with Gasteiger partial charge in [0.2, 0.25) is 0 Å². The van der Waals surface area contributed by atoms with Crippen LogP contribution < -0.4 is 15.5 Å². The van der Waals surface area contributed by atoms with E-state index in [4.69, 9.17) is 4.74 Å². The maximum absolute atomic E-state index is 12.4. The minimum atomic E-state index is -0.544. The molecule has 2 aromatic rings. The van der Waals surface area contributed by atoms with Crippen molar-refractivity contribution in [3.63, 3.8) is 0 Å². The van der Waals surface area contributed by atoms with Crippen molar-refractivity contribution in [3.8, 4) is 6.07 Å². The number of carbonyl (C=O) groups is 2. The fourth-order valence-electron chi connectivity index (χ4n) is 3.24. The van der Waals surface area contributed by atoms with Crippen molar-refractivity contribution in [2.45, 2.75) is 6.92 Å². The molecule has 3 rings (SSSR count). The third-order valence-electron chi connectivity index (χ3n) is 5.14. The standard InChI is InChI=1S/C24H27N5O3/c1-3-32-24(31)18-4-6-21(7-5-18)27-23(30)19(16-25)17-26-20-8-10-22(11-9-20)29-14-12-28(2)13-15-29/h4-11,17,26H,3,12-15H2,1-2H3,(H,27,30)/b19-17-. The van der Waals surface area contributed by atoms with Crippen LogP contribution in [0.2, 0.25) is 0 Å². The summed E-state index contributed by atoms with van der Waals surface area (Å²) in [6.07, 6.45) is 1.38. The van der Waals surface area contributed by atoms with Gasteiger partial charge in [0.1, 0.15) is 11.6 Å². The van der Waals surface area contributed by atoms with E-state index in [1.165, 1.54) is 6.20 Å². The van der Waals surface area contributed by atoms with E-state index in [0.29, 0.717) is 17.9 Å². The van der Waals surface area contributed by atoms with Gasteiger partial charge in [0.05, 0.1) is 12.2 Å². The second kappa shape index (κ2) is 11.0. The number of benzene rings is 2. The average molecular weight is 434 g/mol. The number of ether oxygens (including phenoxy) is 1. The molecule has 32 heavy (non-hydrogen) atoms. The third kappa shape index (κ3) is 6.09. The van der Waals surface area contributed by atoms with Gasteiger partial charge in [-0.15, -0.1) is 0 Å². The van der Waals surface area contributed by atoms with E-state index >= 15 is 0 Å². The van der Waals surface area contributed by atoms with Gasteiger partial charge in [-0.3, -0.25) is 4.79 Å². The summed E-state index contributed by atoms with van der Waals surface area (Å²) in [4.78, 5) is 28.8. The molecule has 1 amide bonds. The Bertz CT molecular complexity index is 1000. The topological polar surface area (TPSA) is 97.7 Å². The summed E-state index contributed by atoms with van der Waals surface area (Å²) in [6, 6.07) is 16.1. The van der Waals surface area contributed by atoms with Crippen LogP contribution in [0.5, 0.6) is 0 Å². The maximum Gasteiger partial charge on any atom is 0.338 e. The van der Waals surface area contributed by atoms with Crippen molar-refractivity contribution in [2.24, 2.45) is 0 Å². The number of carbonyl (C=O) groups excluding carboxylic acids is 2. The van der Waals surface area contributed by atoms with Crippen LogP contribution in [0.4, 0.5) is 17.1 Å². The SMILES string of the molecule is CCOC(=O)c1ccc(NC(=O)/C(C#N)=C\Nc2ccc(N3CCN(C)CC3)cc2)cc1. The molecule has 0 unspecified atom stereocenters. The van der Waals surface area contributed by atoms with E-state index in [2.05, 4.69) is 27.5 Å². The number of likely N-dealkylation sites (N-methyl/N-ethyl adjacent to an activating group) is 1. The van der Waals surface area contributed by atoms with E-state index in [1.54, 1.807) is 31.2 Å². The molecule has 0 radical (unpaired) electrons. The van der Waals surface area contributed by atoms with Crippen molar-refractivity contribution in [3.05, 3.63) is 65.9 Å². The Morgan fingerprint density at radius 3 is 2.25 bits per heavy atom. The minimum absolute atomic E-state index is 0.0670. The quantitative estimate of drug-likeness (QED) is 0.393. The van der Waals surface area contributed by atoms with Crippen LogP contribution in [-0.2, 0) is 9.53 Å². The van der Waals surface area contributed by atoms with Gasteiger partial charge >= 0.3 is 5.97 Å². The van der Waals surface area contributed by atoms with Gasteiger partial charge in [0.15, 0.2) is 0 Å². The molecular formula is C24H27N5O3. The number of hydrogen-bond acceptors (Lipinski definition) is 7. The van der Waals surface area contributed by atoms with Gasteiger partial charge in [-0.1, -0.05) is 0 Å². The van der Waals surface area contributed by atoms with E-state index in [-0.39, 0.29) is 5.57 Å². The van der Waals surface area contributed by atoms with Gasteiger partial charge in [0.25, 0.3) is 5.91 Å². The normalized spacial score (nSPS) is 14.4. The van der Waals surface area contributed by atoms with E-state index in [9.17, 15) is 14.9 Å². The Hall–Kier alpha value is -3.83. The fourth-order valence-corrected chi connectivity index (χ4v) is 3.24. The number of amides is 1. The molecule has 1 aliphatic heterocycles. The smallest absolute Gasteiger partial charge is 0.338 e. The zero-order valence-corrected chi connectivity index (χ0v) is 18.3. The van der Waals surface area contributed by atoms with Gasteiger partial charge < -0.3 is 25.2 Å². The molecule has 8 nitrogen and oxygen atoms in total. The van der Waals surface area contributed by atoms with Crippen molar-refractivity contribution in [1.29, 1.82) is 5.26 Å². The molecular weight excluding hydrogens is 406 g/mol. The first-order chi connectivity index (χ1) is 15.5. The molecule has 1 saturated heterocycles. The summed E-state index contributed by atoms with van der Waals surface area (Å²) in [5.41, 5.74) is 2.73. The Morgan fingerprint density at radius 2 is 1.66 bits per heavy atom. The summed E-state index contributed by atoms with van der Waals surface area (Å²) in [5, 5.41) is 15.0. The van der Waals surface area contributed by atoms with Gasteiger partial charge in [0, 0.05) is 49.4 Å². The number of rotatable bonds is 7. The molecule has 1 aliphatic rings. The molecule has 0 aliphatic carbocycles. The lowest BCUT2D eigenvalue weighted by Gasteiger charge is -2.34. The Kier molecular flexibility index (Phi) is 7.84. The van der Waals surface area contributed by atoms with Crippen LogP contribution in [0, 0.1) is 11.3 Å². The summed E-state index contributed by atoms with van der Waals surface area (Å²) >= 11 is 0. The van der Waals surface area contributed by atoms with Crippen molar-refractivity contribution >= 4 is 28.9 Å². The highest BCUT2D eigenvalue weighted by Crippen LogP contribution is 2.19. The lowest BCUT2D eigenvalue weighted by molar-refractivity contribution is -0.112. The molecule has 0 aromatic heterocycles. The molecule has 0 spiro atoms. The lowest BCUT2D eigenvalue weighted by atomic mass is 10.2. The summed E-state index contributed by atoms with van der Waals surface area (Å²) in [5.74, 6) is -0.969. The Labute approximate surface area is 188 Å². The molecule has 0 bridgehead atoms. The molecule has 1 fully saturated rings. The Morgan fingerprint density at radius 1 is 1.03 bits per heavy atom. The first-order valence-electron chi connectivity index (χ1n) is 10.5. The number of nitrogens with one attached hydrogen (secondary N) is 2. The van der Waals surface area contributed by atoms with Crippen LogP contribution in [0.15, 0.2) is 60.3 Å². The third-order valence-corrected chi connectivity index (χ3v) is 5.14. The zero-order chi connectivity index (χ0) is 22.9. The largest absolute Gasteiger partial charge is 0.462 e. The van der Waals surface area contributed by atoms with Crippen LogP contribution in [-0.4, -0.2) is 56.6 Å². The molecule has 2 N–H and O–H groups in total. The van der Waals surface area contributed by atoms with Crippen molar-refractivity contribution in [1.82, 2.24) is 4.90 Å². The number of nitrogens with zero attached hydrogens (tertiary/aromatic N) is 3. The number of piperazine rings is 1. The molecule has 1 heterocycles. The lowest BCUT2D eigenvalue weighted by Crippen LogP contribution is -2.44. The summed E-state index contributed by atoms with van der Waals surface area (Å²) in [6.45, 7) is 6.08. The first kappa shape index (κ1) is 22.8. The number of hydrogen-bond donors (Lipinski definition) is 2. The van der Waals surface area contributed by atoms with Gasteiger partial charge in [-0.2, -0.15) is 5.26 Å². The van der Waals surface area contributed by atoms with Gasteiger partial charge in [-0.05, 0) is 62.5 Å². The molecule has 8 heteroatoms. The van der Waals surface area contributed by atoms with E-state index in [1.807, 2.05) is 30.3 Å². The summed E-state index contributed by atoms with van der Waals surface area (Å²) < 4.78 is 4.93.